The van der Waals surface area contributed by atoms with Crippen molar-refractivity contribution >= 4 is 34.3 Å². The van der Waals surface area contributed by atoms with Gasteiger partial charge in [-0.2, -0.15) is 0 Å². The second kappa shape index (κ2) is 9.01. The van der Waals surface area contributed by atoms with Crippen LogP contribution in [0.3, 0.4) is 0 Å². The topological polar surface area (TPSA) is 101 Å². The summed E-state index contributed by atoms with van der Waals surface area (Å²) in [7, 11) is 0. The molecule has 2 amide bonds. The monoisotopic (exact) mass is 458 g/mol. The maximum atomic E-state index is 13.5. The maximum Gasteiger partial charge on any atom is 0.410 e. The number of fused-ring (bicyclic) bond motifs is 1. The summed E-state index contributed by atoms with van der Waals surface area (Å²) in [5.74, 6) is 1.33. The molecule has 10 heteroatoms. The average molecular weight is 459 g/mol. The highest BCUT2D eigenvalue weighted by Gasteiger charge is 2.38. The molecule has 1 fully saturated rings. The van der Waals surface area contributed by atoms with Gasteiger partial charge >= 0.3 is 6.09 Å². The molecule has 4 rings (SSSR count). The Morgan fingerprint density at radius 3 is 2.75 bits per heavy atom. The van der Waals surface area contributed by atoms with Crippen LogP contribution >= 0.6 is 11.3 Å². The lowest BCUT2D eigenvalue weighted by molar-refractivity contribution is -0.139. The van der Waals surface area contributed by atoms with E-state index in [0.29, 0.717) is 44.1 Å². The van der Waals surface area contributed by atoms with Crippen LogP contribution < -0.4 is 5.32 Å². The van der Waals surface area contributed by atoms with Crippen LogP contribution in [0.25, 0.3) is 0 Å². The first kappa shape index (κ1) is 22.4. The molecule has 0 aliphatic carbocycles. The number of carbonyl (C=O) groups is 2. The molecule has 2 aromatic rings. The lowest BCUT2D eigenvalue weighted by atomic mass is 9.99. The van der Waals surface area contributed by atoms with Gasteiger partial charge in [0, 0.05) is 36.7 Å². The average Bonchev–Trinajstić information content (AvgIpc) is 3.25. The Labute approximate surface area is 192 Å². The number of ether oxygens (including phenoxy) is 1. The molecule has 9 nitrogen and oxygen atoms in total. The molecular weight excluding hydrogens is 428 g/mol. The summed E-state index contributed by atoms with van der Waals surface area (Å²) in [6, 6.07) is -0.498. The molecular formula is C22H30N6O3S. The Morgan fingerprint density at radius 2 is 2.03 bits per heavy atom. The lowest BCUT2D eigenvalue weighted by Crippen LogP contribution is -2.54. The SMILES string of the molecule is Cc1nc2c(c(Nc3nccs3)n1)CN(C(=O)[C@@H]1CCCCN1C(=O)OC(C)(C)C)CC2. The largest absolute Gasteiger partial charge is 0.444 e. The third-order valence-corrected chi connectivity index (χ3v) is 6.25. The third-order valence-electron chi connectivity index (χ3n) is 5.56. The van der Waals surface area contributed by atoms with Crippen LogP contribution in [0.5, 0.6) is 0 Å². The number of hydrogen-bond acceptors (Lipinski definition) is 8. The number of aryl methyl sites for hydroxylation is 1. The number of anilines is 2. The third kappa shape index (κ3) is 5.01. The summed E-state index contributed by atoms with van der Waals surface area (Å²) >= 11 is 1.49. The van der Waals surface area contributed by atoms with Crippen molar-refractivity contribution in [3.8, 4) is 0 Å². The van der Waals surface area contributed by atoms with Gasteiger partial charge < -0.3 is 15.0 Å². The van der Waals surface area contributed by atoms with E-state index in [4.69, 9.17) is 4.74 Å². The van der Waals surface area contributed by atoms with Crippen LogP contribution in [0.2, 0.25) is 0 Å². The predicted octanol–water partition coefficient (Wildman–Crippen LogP) is 3.66. The van der Waals surface area contributed by atoms with Crippen LogP contribution in [-0.2, 0) is 22.5 Å². The van der Waals surface area contributed by atoms with Crippen molar-refractivity contribution in [1.29, 1.82) is 0 Å². The summed E-state index contributed by atoms with van der Waals surface area (Å²) in [6.45, 7) is 8.89. The summed E-state index contributed by atoms with van der Waals surface area (Å²) in [6.07, 6.45) is 4.40. The van der Waals surface area contributed by atoms with E-state index in [1.165, 1.54) is 11.3 Å². The van der Waals surface area contributed by atoms with Crippen LogP contribution in [0.4, 0.5) is 15.7 Å². The minimum atomic E-state index is -0.599. The summed E-state index contributed by atoms with van der Waals surface area (Å²) in [4.78, 5) is 43.2. The molecule has 0 unspecified atom stereocenters. The number of piperidine rings is 1. The number of aromatic nitrogens is 3. The van der Waals surface area contributed by atoms with Crippen molar-refractivity contribution < 1.29 is 14.3 Å². The summed E-state index contributed by atoms with van der Waals surface area (Å²) < 4.78 is 5.57. The van der Waals surface area contributed by atoms with Crippen molar-refractivity contribution in [1.82, 2.24) is 24.8 Å². The smallest absolute Gasteiger partial charge is 0.410 e. The Balaban J connectivity index is 1.54. The van der Waals surface area contributed by atoms with Gasteiger partial charge in [-0.1, -0.05) is 0 Å². The number of hydrogen-bond donors (Lipinski definition) is 1. The Kier molecular flexibility index (Phi) is 6.32. The molecule has 2 aromatic heterocycles. The highest BCUT2D eigenvalue weighted by molar-refractivity contribution is 7.13. The fraction of sp³-hybridized carbons (Fsp3) is 0.591. The number of likely N-dealkylation sites (tertiary alicyclic amines) is 1. The fourth-order valence-electron chi connectivity index (χ4n) is 4.15. The van der Waals surface area contributed by atoms with Gasteiger partial charge in [0.2, 0.25) is 5.91 Å². The minimum Gasteiger partial charge on any atom is -0.444 e. The second-order valence-corrected chi connectivity index (χ2v) is 10.1. The first-order chi connectivity index (χ1) is 15.2. The van der Waals surface area contributed by atoms with Crippen LogP contribution in [-0.4, -0.2) is 61.5 Å². The molecule has 0 bridgehead atoms. The Morgan fingerprint density at radius 1 is 1.22 bits per heavy atom. The minimum absolute atomic E-state index is 0.0398. The van der Waals surface area contributed by atoms with Gasteiger partial charge in [0.15, 0.2) is 5.13 Å². The van der Waals surface area contributed by atoms with Crippen molar-refractivity contribution in [2.45, 2.75) is 71.6 Å². The molecule has 1 atom stereocenters. The standard InChI is InChI=1S/C22H30N6O3S/c1-14-24-16-8-11-27(13-15(16)18(25-14)26-20-23-9-12-32-20)19(29)17-7-5-6-10-28(17)21(30)31-22(2,3)4/h9,12,17H,5-8,10-11,13H2,1-4H3,(H,23,24,25,26)/t17-/m0/s1. The molecule has 172 valence electrons. The van der Waals surface area contributed by atoms with E-state index in [9.17, 15) is 9.59 Å². The molecule has 2 aliphatic heterocycles. The molecule has 0 spiro atoms. The maximum absolute atomic E-state index is 13.5. The second-order valence-electron chi connectivity index (χ2n) is 9.20. The fourth-order valence-corrected chi connectivity index (χ4v) is 4.68. The molecule has 0 saturated carbocycles. The number of amides is 2. The Hall–Kier alpha value is -2.75. The van der Waals surface area contributed by atoms with E-state index in [1.807, 2.05) is 38.0 Å². The zero-order valence-electron chi connectivity index (χ0n) is 19.1. The van der Waals surface area contributed by atoms with E-state index >= 15 is 0 Å². The predicted molar refractivity (Wildman–Crippen MR) is 122 cm³/mol. The summed E-state index contributed by atoms with van der Waals surface area (Å²) in [5, 5.41) is 5.92. The number of thiazole rings is 1. The van der Waals surface area contributed by atoms with Crippen molar-refractivity contribution in [2.24, 2.45) is 0 Å². The molecule has 0 radical (unpaired) electrons. The normalized spacial score (nSPS) is 18.8. The van der Waals surface area contributed by atoms with Gasteiger partial charge in [0.25, 0.3) is 0 Å². The number of rotatable bonds is 3. The summed E-state index contributed by atoms with van der Waals surface area (Å²) in [5.41, 5.74) is 1.26. The van der Waals surface area contributed by atoms with Crippen LogP contribution in [0.15, 0.2) is 11.6 Å². The zero-order chi connectivity index (χ0) is 22.9. The Bertz CT molecular complexity index is 988. The quantitative estimate of drug-likeness (QED) is 0.749. The first-order valence-electron chi connectivity index (χ1n) is 11.0. The molecule has 0 aromatic carbocycles. The van der Waals surface area contributed by atoms with E-state index in [0.717, 1.165) is 29.2 Å². The first-order valence-corrected chi connectivity index (χ1v) is 11.9. The van der Waals surface area contributed by atoms with Gasteiger partial charge in [-0.05, 0) is 47.0 Å². The van der Waals surface area contributed by atoms with Crippen molar-refractivity contribution in [3.05, 3.63) is 28.7 Å². The zero-order valence-corrected chi connectivity index (χ0v) is 19.9. The van der Waals surface area contributed by atoms with Crippen molar-refractivity contribution in [3.63, 3.8) is 0 Å². The molecule has 2 aliphatic rings. The van der Waals surface area contributed by atoms with Crippen LogP contribution in [0, 0.1) is 6.92 Å². The number of nitrogens with one attached hydrogen (secondary N) is 1. The molecule has 1 N–H and O–H groups in total. The van der Waals surface area contributed by atoms with Crippen molar-refractivity contribution in [2.75, 3.05) is 18.4 Å². The van der Waals surface area contributed by atoms with E-state index in [1.54, 1.807) is 11.1 Å². The molecule has 1 saturated heterocycles. The number of carbonyl (C=O) groups excluding carboxylic acids is 2. The van der Waals surface area contributed by atoms with Gasteiger partial charge in [-0.15, -0.1) is 11.3 Å². The molecule has 32 heavy (non-hydrogen) atoms. The van der Waals surface area contributed by atoms with E-state index in [2.05, 4.69) is 20.3 Å². The van der Waals surface area contributed by atoms with Gasteiger partial charge in [0.1, 0.15) is 23.3 Å². The number of nitrogens with zero attached hydrogens (tertiary/aromatic N) is 5. The lowest BCUT2D eigenvalue weighted by Gasteiger charge is -2.39. The van der Waals surface area contributed by atoms with E-state index in [-0.39, 0.29) is 5.91 Å². The van der Waals surface area contributed by atoms with Gasteiger partial charge in [-0.3, -0.25) is 9.69 Å². The highest BCUT2D eigenvalue weighted by atomic mass is 32.1. The van der Waals surface area contributed by atoms with Gasteiger partial charge in [-0.25, -0.2) is 19.7 Å². The van der Waals surface area contributed by atoms with Gasteiger partial charge in [0.05, 0.1) is 12.2 Å². The highest BCUT2D eigenvalue weighted by Crippen LogP contribution is 2.29. The van der Waals surface area contributed by atoms with E-state index < -0.39 is 17.7 Å². The van der Waals surface area contributed by atoms with Crippen LogP contribution in [0.1, 0.15) is 57.1 Å². The molecule has 4 heterocycles.